The Morgan fingerprint density at radius 2 is 2.17 bits per heavy atom. The van der Waals surface area contributed by atoms with Gasteiger partial charge in [-0.05, 0) is 29.7 Å². The first-order valence-electron chi connectivity index (χ1n) is 7.72. The Morgan fingerprint density at radius 1 is 1.30 bits per heavy atom. The molecule has 1 aromatic heterocycles. The van der Waals surface area contributed by atoms with E-state index < -0.39 is 10.0 Å². The van der Waals surface area contributed by atoms with Gasteiger partial charge in [-0.2, -0.15) is 5.10 Å². The molecular formula is C16H21N3O3S. The first-order chi connectivity index (χ1) is 11.0. The average Bonchev–Trinajstić information content (AvgIpc) is 3.14. The lowest BCUT2D eigenvalue weighted by molar-refractivity contribution is 0.357. The molecule has 0 saturated heterocycles. The van der Waals surface area contributed by atoms with Crippen LogP contribution >= 0.6 is 0 Å². The van der Waals surface area contributed by atoms with E-state index in [0.29, 0.717) is 26.0 Å². The predicted octanol–water partition coefficient (Wildman–Crippen LogP) is 1.06. The molecule has 1 aliphatic rings. The Kier molecular flexibility index (Phi) is 4.68. The molecule has 2 aromatic rings. The fourth-order valence-corrected chi connectivity index (χ4v) is 3.76. The molecule has 2 heterocycles. The number of aryl methyl sites for hydroxylation is 2. The van der Waals surface area contributed by atoms with Gasteiger partial charge in [0.05, 0.1) is 12.4 Å². The number of ether oxygens (including phenoxy) is 1. The van der Waals surface area contributed by atoms with Crippen molar-refractivity contribution in [2.75, 3.05) is 18.9 Å². The van der Waals surface area contributed by atoms with Crippen LogP contribution in [0.3, 0.4) is 0 Å². The summed E-state index contributed by atoms with van der Waals surface area (Å²) in [5.41, 5.74) is 3.21. The molecule has 0 fully saturated rings. The van der Waals surface area contributed by atoms with Gasteiger partial charge in [0, 0.05) is 38.3 Å². The maximum Gasteiger partial charge on any atom is 0.211 e. The number of benzene rings is 1. The number of hydrogen-bond acceptors (Lipinski definition) is 4. The van der Waals surface area contributed by atoms with E-state index in [9.17, 15) is 8.42 Å². The molecule has 0 aliphatic carbocycles. The number of nitrogens with one attached hydrogen (secondary N) is 1. The number of sulfonamides is 1. The summed E-state index contributed by atoms with van der Waals surface area (Å²) in [4.78, 5) is 0. The number of hydrogen-bond donors (Lipinski definition) is 1. The smallest absolute Gasteiger partial charge is 0.211 e. The molecule has 0 bridgehead atoms. The lowest BCUT2D eigenvalue weighted by Crippen LogP contribution is -2.29. The SMILES string of the molecule is Cn1nccc1CCNS(=O)(=O)CCc1ccc2c(c1)CCO2. The van der Waals surface area contributed by atoms with Crippen LogP contribution in [0.15, 0.2) is 30.5 Å². The van der Waals surface area contributed by atoms with E-state index in [1.165, 1.54) is 5.56 Å². The average molecular weight is 335 g/mol. The van der Waals surface area contributed by atoms with Gasteiger partial charge in [0.25, 0.3) is 0 Å². The van der Waals surface area contributed by atoms with Gasteiger partial charge in [-0.3, -0.25) is 4.68 Å². The second kappa shape index (κ2) is 6.72. The van der Waals surface area contributed by atoms with Crippen molar-refractivity contribution >= 4 is 10.0 Å². The quantitative estimate of drug-likeness (QED) is 0.821. The molecular weight excluding hydrogens is 314 g/mol. The van der Waals surface area contributed by atoms with Gasteiger partial charge in [0.2, 0.25) is 10.0 Å². The molecule has 0 atom stereocenters. The molecule has 0 radical (unpaired) electrons. The van der Waals surface area contributed by atoms with Crippen LogP contribution in [0.25, 0.3) is 0 Å². The Bertz CT molecular complexity index is 784. The summed E-state index contributed by atoms with van der Waals surface area (Å²) >= 11 is 0. The molecule has 124 valence electrons. The van der Waals surface area contributed by atoms with Gasteiger partial charge in [-0.1, -0.05) is 12.1 Å². The fraction of sp³-hybridized carbons (Fsp3) is 0.438. The molecule has 0 amide bonds. The van der Waals surface area contributed by atoms with Gasteiger partial charge < -0.3 is 4.74 Å². The first kappa shape index (κ1) is 16.0. The highest BCUT2D eigenvalue weighted by Gasteiger charge is 2.14. The van der Waals surface area contributed by atoms with Crippen LogP contribution < -0.4 is 9.46 Å². The van der Waals surface area contributed by atoms with Gasteiger partial charge in [-0.15, -0.1) is 0 Å². The van der Waals surface area contributed by atoms with Crippen molar-refractivity contribution in [3.8, 4) is 5.75 Å². The third-order valence-electron chi connectivity index (χ3n) is 4.04. The standard InChI is InChI=1S/C16H21N3O3S/c1-19-15(4-8-17-19)5-9-18-23(20,21)11-7-13-2-3-16-14(12-13)6-10-22-16/h2-4,8,12,18H,5-7,9-11H2,1H3. The van der Waals surface area contributed by atoms with Crippen molar-refractivity contribution in [2.45, 2.75) is 19.3 Å². The van der Waals surface area contributed by atoms with Crippen LogP contribution in [0.2, 0.25) is 0 Å². The zero-order valence-electron chi connectivity index (χ0n) is 13.2. The minimum Gasteiger partial charge on any atom is -0.493 e. The maximum absolute atomic E-state index is 12.1. The molecule has 0 unspecified atom stereocenters. The summed E-state index contributed by atoms with van der Waals surface area (Å²) in [6.45, 7) is 1.10. The van der Waals surface area contributed by atoms with Crippen molar-refractivity contribution in [3.63, 3.8) is 0 Å². The Morgan fingerprint density at radius 3 is 2.96 bits per heavy atom. The summed E-state index contributed by atoms with van der Waals surface area (Å²) in [5, 5.41) is 4.07. The van der Waals surface area contributed by atoms with E-state index in [1.54, 1.807) is 10.9 Å². The third kappa shape index (κ3) is 4.11. The molecule has 0 spiro atoms. The number of rotatable bonds is 7. The van der Waals surface area contributed by atoms with E-state index in [0.717, 1.165) is 23.4 Å². The van der Waals surface area contributed by atoms with Crippen LogP contribution in [0, 0.1) is 0 Å². The molecule has 23 heavy (non-hydrogen) atoms. The monoisotopic (exact) mass is 335 g/mol. The lowest BCUT2D eigenvalue weighted by Gasteiger charge is -2.08. The molecule has 1 aliphatic heterocycles. The Balaban J connectivity index is 1.49. The van der Waals surface area contributed by atoms with E-state index in [-0.39, 0.29) is 5.75 Å². The van der Waals surface area contributed by atoms with E-state index in [2.05, 4.69) is 9.82 Å². The van der Waals surface area contributed by atoms with Gasteiger partial charge >= 0.3 is 0 Å². The van der Waals surface area contributed by atoms with Crippen molar-refractivity contribution < 1.29 is 13.2 Å². The Labute approximate surface area is 136 Å². The molecule has 3 rings (SSSR count). The fourth-order valence-electron chi connectivity index (χ4n) is 2.70. The number of aromatic nitrogens is 2. The first-order valence-corrected chi connectivity index (χ1v) is 9.37. The third-order valence-corrected chi connectivity index (χ3v) is 5.42. The topological polar surface area (TPSA) is 73.2 Å². The normalized spacial score (nSPS) is 13.8. The number of nitrogens with zero attached hydrogens (tertiary/aromatic N) is 2. The summed E-state index contributed by atoms with van der Waals surface area (Å²) in [5.74, 6) is 1.02. The van der Waals surface area contributed by atoms with Crippen LogP contribution in [0.5, 0.6) is 5.75 Å². The molecule has 1 aromatic carbocycles. The van der Waals surface area contributed by atoms with Gasteiger partial charge in [0.1, 0.15) is 5.75 Å². The van der Waals surface area contributed by atoms with E-state index in [1.807, 2.05) is 31.3 Å². The molecule has 1 N–H and O–H groups in total. The van der Waals surface area contributed by atoms with Gasteiger partial charge in [0.15, 0.2) is 0 Å². The van der Waals surface area contributed by atoms with Crippen molar-refractivity contribution in [3.05, 3.63) is 47.3 Å². The zero-order chi connectivity index (χ0) is 16.3. The van der Waals surface area contributed by atoms with Crippen LogP contribution in [-0.2, 0) is 36.3 Å². The second-order valence-corrected chi connectivity index (χ2v) is 7.63. The largest absolute Gasteiger partial charge is 0.493 e. The Hall–Kier alpha value is -1.86. The predicted molar refractivity (Wildman–Crippen MR) is 88.0 cm³/mol. The van der Waals surface area contributed by atoms with Crippen LogP contribution in [0.1, 0.15) is 16.8 Å². The van der Waals surface area contributed by atoms with E-state index in [4.69, 9.17) is 4.74 Å². The van der Waals surface area contributed by atoms with Crippen molar-refractivity contribution in [2.24, 2.45) is 7.05 Å². The second-order valence-electron chi connectivity index (χ2n) is 5.70. The van der Waals surface area contributed by atoms with Crippen LogP contribution in [0.4, 0.5) is 0 Å². The lowest BCUT2D eigenvalue weighted by atomic mass is 10.1. The number of fused-ring (bicyclic) bond motifs is 1. The molecule has 0 saturated carbocycles. The highest BCUT2D eigenvalue weighted by molar-refractivity contribution is 7.89. The summed E-state index contributed by atoms with van der Waals surface area (Å²) in [6.07, 6.45) is 3.75. The minimum atomic E-state index is -3.27. The summed E-state index contributed by atoms with van der Waals surface area (Å²) in [7, 11) is -1.42. The van der Waals surface area contributed by atoms with Gasteiger partial charge in [-0.25, -0.2) is 13.1 Å². The van der Waals surface area contributed by atoms with Crippen LogP contribution in [-0.4, -0.2) is 37.1 Å². The zero-order valence-corrected chi connectivity index (χ0v) is 14.0. The minimum absolute atomic E-state index is 0.0953. The molecule has 7 heteroatoms. The summed E-state index contributed by atoms with van der Waals surface area (Å²) in [6, 6.07) is 7.81. The van der Waals surface area contributed by atoms with Crippen molar-refractivity contribution in [1.29, 1.82) is 0 Å². The molecule has 6 nitrogen and oxygen atoms in total. The maximum atomic E-state index is 12.1. The highest BCUT2D eigenvalue weighted by Crippen LogP contribution is 2.26. The highest BCUT2D eigenvalue weighted by atomic mass is 32.2. The summed E-state index contributed by atoms with van der Waals surface area (Å²) < 4.78 is 34.0. The van der Waals surface area contributed by atoms with E-state index >= 15 is 0 Å². The van der Waals surface area contributed by atoms with Crippen molar-refractivity contribution in [1.82, 2.24) is 14.5 Å².